The molecule has 0 aromatic heterocycles. The van der Waals surface area contributed by atoms with Crippen LogP contribution in [0.15, 0.2) is 54.6 Å². The minimum atomic E-state index is -0.962. The van der Waals surface area contributed by atoms with Crippen molar-refractivity contribution in [3.63, 3.8) is 0 Å². The number of benzene rings is 3. The molecule has 2 N–H and O–H groups in total. The quantitative estimate of drug-likeness (QED) is 0.249. The Labute approximate surface area is 305 Å². The fourth-order valence-corrected chi connectivity index (χ4v) is 8.24. The van der Waals surface area contributed by atoms with Crippen molar-refractivity contribution in [2.75, 3.05) is 24.5 Å². The zero-order chi connectivity index (χ0) is 36.1. The molecule has 5 aliphatic rings. The van der Waals surface area contributed by atoms with E-state index < -0.39 is 23.8 Å². The molecule has 3 aromatic rings. The molecule has 2 saturated heterocycles. The number of nitrogens with one attached hydrogen (secondary N) is 2. The van der Waals surface area contributed by atoms with E-state index in [9.17, 15) is 24.0 Å². The Bertz CT molecular complexity index is 1990. The third kappa shape index (κ3) is 6.50. The van der Waals surface area contributed by atoms with Gasteiger partial charge in [0.15, 0.2) is 0 Å². The maximum Gasteiger partial charge on any atom is 0.262 e. The zero-order valence-electron chi connectivity index (χ0n) is 28.4. The van der Waals surface area contributed by atoms with Crippen molar-refractivity contribution in [3.8, 4) is 5.75 Å². The molecule has 1 unspecified atom stereocenters. The van der Waals surface area contributed by atoms with E-state index in [0.717, 1.165) is 54.2 Å². The molecular weight excluding hydrogens is 684 g/mol. The number of carbonyl (C=O) groups excluding carboxylic acids is 5. The highest BCUT2D eigenvalue weighted by atomic mass is 35.5. The Kier molecular flexibility index (Phi) is 8.93. The number of nitrogens with zero attached hydrogens (tertiary/aromatic N) is 4. The van der Waals surface area contributed by atoms with E-state index in [2.05, 4.69) is 25.3 Å². The number of hydrogen-bond acceptors (Lipinski definition) is 8. The summed E-state index contributed by atoms with van der Waals surface area (Å²) >= 11 is 6.11. The lowest BCUT2D eigenvalue weighted by Crippen LogP contribution is -2.54. The van der Waals surface area contributed by atoms with E-state index in [0.29, 0.717) is 65.0 Å². The first-order valence-electron chi connectivity index (χ1n) is 17.7. The first kappa shape index (κ1) is 33.9. The highest BCUT2D eigenvalue weighted by molar-refractivity contribution is 6.33. The number of fused-ring (bicyclic) bond motifs is 2. The lowest BCUT2D eigenvalue weighted by Gasteiger charge is -2.36. The molecule has 1 atom stereocenters. The van der Waals surface area contributed by atoms with Crippen LogP contribution in [-0.4, -0.2) is 77.2 Å². The smallest absolute Gasteiger partial charge is 0.262 e. The third-order valence-corrected chi connectivity index (χ3v) is 11.2. The Hall–Kier alpha value is -5.25. The molecule has 1 saturated carbocycles. The lowest BCUT2D eigenvalue weighted by molar-refractivity contribution is -0.136. The van der Waals surface area contributed by atoms with Crippen LogP contribution in [-0.2, 0) is 22.7 Å². The Morgan fingerprint density at radius 3 is 2.21 bits per heavy atom. The molecule has 5 amide bonds. The minimum Gasteiger partial charge on any atom is -0.490 e. The fraction of sp³-hybridized carbons (Fsp3) is 0.385. The van der Waals surface area contributed by atoms with Crippen molar-refractivity contribution in [1.29, 1.82) is 0 Å². The number of hydrogen-bond donors (Lipinski definition) is 2. The number of ether oxygens (including phenoxy) is 1. The molecule has 3 fully saturated rings. The standard InChI is InChI=1S/C39H37ClN6O6/c1-41-33-7-6-28(18-32(33)40)52-29-16-26(17-29)42-36(48)23-2-4-27(5-3-23)45-12-10-22(11-13-45)19-44-20-24-14-30-31(15-25(24)21-44)39(51)46(38(30)50)34-8-9-35(47)43-37(34)49/h2-7,14-15,18,22,26,29,34H,8-13,16-17,19-21H2,(H,42,48)(H,43,47,49). The first-order chi connectivity index (χ1) is 25.1. The molecule has 0 radical (unpaired) electrons. The van der Waals surface area contributed by atoms with Gasteiger partial charge in [0.1, 0.15) is 17.9 Å². The van der Waals surface area contributed by atoms with Crippen molar-refractivity contribution in [2.45, 2.75) is 69.8 Å². The van der Waals surface area contributed by atoms with Gasteiger partial charge in [-0.05, 0) is 84.8 Å². The Morgan fingerprint density at radius 1 is 0.923 bits per heavy atom. The van der Waals surface area contributed by atoms with Gasteiger partial charge in [0.25, 0.3) is 17.7 Å². The van der Waals surface area contributed by atoms with Gasteiger partial charge in [0.2, 0.25) is 17.5 Å². The summed E-state index contributed by atoms with van der Waals surface area (Å²) in [5, 5.41) is 5.70. The average molecular weight is 721 g/mol. The summed E-state index contributed by atoms with van der Waals surface area (Å²) in [7, 11) is 0. The van der Waals surface area contributed by atoms with Crippen molar-refractivity contribution in [1.82, 2.24) is 20.4 Å². The van der Waals surface area contributed by atoms with Crippen LogP contribution in [0.5, 0.6) is 5.75 Å². The van der Waals surface area contributed by atoms with Crippen molar-refractivity contribution in [3.05, 3.63) is 98.9 Å². The molecule has 0 spiro atoms. The third-order valence-electron chi connectivity index (χ3n) is 10.9. The van der Waals surface area contributed by atoms with Crippen LogP contribution in [0.1, 0.15) is 80.7 Å². The van der Waals surface area contributed by atoms with Crippen LogP contribution in [0.3, 0.4) is 0 Å². The van der Waals surface area contributed by atoms with Gasteiger partial charge in [-0.15, -0.1) is 0 Å². The highest BCUT2D eigenvalue weighted by Crippen LogP contribution is 2.35. The normalized spacial score (nSPS) is 23.1. The maximum atomic E-state index is 13.3. The number of amides is 5. The van der Waals surface area contributed by atoms with Crippen LogP contribution >= 0.6 is 11.6 Å². The topological polar surface area (TPSA) is 133 Å². The predicted molar refractivity (Wildman–Crippen MR) is 191 cm³/mol. The summed E-state index contributed by atoms with van der Waals surface area (Å²) in [5.74, 6) is -0.897. The molecule has 13 heteroatoms. The van der Waals surface area contributed by atoms with Gasteiger partial charge in [0.05, 0.1) is 22.7 Å². The van der Waals surface area contributed by atoms with E-state index >= 15 is 0 Å². The number of piperidine rings is 2. The van der Waals surface area contributed by atoms with Gasteiger partial charge in [-0.25, -0.2) is 4.85 Å². The van der Waals surface area contributed by atoms with Gasteiger partial charge < -0.3 is 15.0 Å². The molecule has 266 valence electrons. The fourth-order valence-electron chi connectivity index (χ4n) is 8.02. The van der Waals surface area contributed by atoms with Crippen LogP contribution in [0.25, 0.3) is 4.85 Å². The van der Waals surface area contributed by atoms with Crippen LogP contribution in [0, 0.1) is 12.5 Å². The summed E-state index contributed by atoms with van der Waals surface area (Å²) in [4.78, 5) is 72.6. The van der Waals surface area contributed by atoms with Gasteiger partial charge in [-0.2, -0.15) is 0 Å². The van der Waals surface area contributed by atoms with Crippen LogP contribution in [0.4, 0.5) is 11.4 Å². The molecule has 52 heavy (non-hydrogen) atoms. The number of rotatable bonds is 8. The van der Waals surface area contributed by atoms with Crippen LogP contribution < -0.4 is 20.3 Å². The lowest BCUT2D eigenvalue weighted by atomic mass is 9.89. The second-order valence-electron chi connectivity index (χ2n) is 14.4. The second-order valence-corrected chi connectivity index (χ2v) is 14.8. The molecule has 8 rings (SSSR count). The second kappa shape index (κ2) is 13.7. The van der Waals surface area contributed by atoms with Crippen molar-refractivity contribution in [2.24, 2.45) is 5.92 Å². The van der Waals surface area contributed by atoms with Gasteiger partial charge >= 0.3 is 0 Å². The minimum absolute atomic E-state index is 0.0109. The van der Waals surface area contributed by atoms with Gasteiger partial charge in [-0.3, -0.25) is 39.1 Å². The Morgan fingerprint density at radius 2 is 1.60 bits per heavy atom. The summed E-state index contributed by atoms with van der Waals surface area (Å²) in [6.45, 7) is 11.3. The largest absolute Gasteiger partial charge is 0.490 e. The number of imide groups is 2. The molecule has 1 aliphatic carbocycles. The Balaban J connectivity index is 0.785. The van der Waals surface area contributed by atoms with Gasteiger partial charge in [-0.1, -0.05) is 17.7 Å². The first-order valence-corrected chi connectivity index (χ1v) is 18.1. The number of anilines is 1. The molecule has 4 aliphatic heterocycles. The van der Waals surface area contributed by atoms with Gasteiger partial charge in [0, 0.05) is 69.3 Å². The summed E-state index contributed by atoms with van der Waals surface area (Å²) in [6, 6.07) is 15.5. The summed E-state index contributed by atoms with van der Waals surface area (Å²) in [5.41, 5.74) is 4.85. The SMILES string of the molecule is [C-]#[N+]c1ccc(OC2CC(NC(=O)c3ccc(N4CCC(CN5Cc6cc7c(cc6C5)C(=O)N(C5CCC(=O)NC5=O)C7=O)CC4)cc3)C2)cc1Cl. The van der Waals surface area contributed by atoms with Crippen LogP contribution in [0.2, 0.25) is 5.02 Å². The van der Waals surface area contributed by atoms with E-state index in [-0.39, 0.29) is 36.8 Å². The molecule has 4 heterocycles. The maximum absolute atomic E-state index is 13.3. The number of carbonyl (C=O) groups is 5. The van der Waals surface area contributed by atoms with Crippen molar-refractivity contribution < 1.29 is 28.7 Å². The van der Waals surface area contributed by atoms with E-state index in [1.165, 1.54) is 0 Å². The number of halogens is 1. The van der Waals surface area contributed by atoms with Crippen molar-refractivity contribution >= 4 is 52.5 Å². The molecule has 3 aromatic carbocycles. The van der Waals surface area contributed by atoms with E-state index in [4.69, 9.17) is 22.9 Å². The summed E-state index contributed by atoms with van der Waals surface area (Å²) in [6.07, 6.45) is 3.70. The highest BCUT2D eigenvalue weighted by Gasteiger charge is 2.45. The molecule has 0 bridgehead atoms. The average Bonchev–Trinajstić information content (AvgIpc) is 3.62. The zero-order valence-corrected chi connectivity index (χ0v) is 29.2. The summed E-state index contributed by atoms with van der Waals surface area (Å²) < 4.78 is 5.95. The monoisotopic (exact) mass is 720 g/mol. The molecular formula is C39H37ClN6O6. The van der Waals surface area contributed by atoms with E-state index in [1.807, 2.05) is 36.4 Å². The predicted octanol–water partition coefficient (Wildman–Crippen LogP) is 4.86. The van der Waals surface area contributed by atoms with E-state index in [1.54, 1.807) is 18.2 Å². The molecule has 12 nitrogen and oxygen atoms in total.